The number of aliphatic hydroxyl groups excluding tert-OH is 1. The number of hydrogen-bond donors (Lipinski definition) is 2. The third-order valence-corrected chi connectivity index (χ3v) is 4.56. The lowest BCUT2D eigenvalue weighted by molar-refractivity contribution is 0.0915. The Bertz CT molecular complexity index is 624. The van der Waals surface area contributed by atoms with Crippen molar-refractivity contribution in [3.8, 4) is 10.6 Å². The number of carbonyl (C=O) groups is 1. The first kappa shape index (κ1) is 16.6. The minimum absolute atomic E-state index is 0.0335. The van der Waals surface area contributed by atoms with E-state index < -0.39 is 0 Å². The quantitative estimate of drug-likeness (QED) is 0.859. The summed E-state index contributed by atoms with van der Waals surface area (Å²) in [4.78, 5) is 18.1. The average Bonchev–Trinajstić information content (AvgIpc) is 3.00. The molecule has 118 valence electrons. The number of rotatable bonds is 6. The summed E-state index contributed by atoms with van der Waals surface area (Å²) in [6.07, 6.45) is 0.559. The first-order chi connectivity index (χ1) is 10.5. The highest BCUT2D eigenvalue weighted by Gasteiger charge is 2.18. The Morgan fingerprint density at radius 2 is 2.14 bits per heavy atom. The number of hydrogen-bond acceptors (Lipinski definition) is 4. The molecular weight excluding hydrogens is 296 g/mol. The van der Waals surface area contributed by atoms with Crippen LogP contribution in [0.5, 0.6) is 0 Å². The van der Waals surface area contributed by atoms with Crippen molar-refractivity contribution in [1.29, 1.82) is 0 Å². The molecule has 0 bridgehead atoms. The molecule has 0 aliphatic rings. The SMILES string of the molecule is Cc1nc(-c2cccs2)ccc1C(=O)NC(CCO)C(C)C. The van der Waals surface area contributed by atoms with Crippen molar-refractivity contribution >= 4 is 17.2 Å². The molecule has 5 heteroatoms. The highest BCUT2D eigenvalue weighted by atomic mass is 32.1. The van der Waals surface area contributed by atoms with Gasteiger partial charge in [0.05, 0.1) is 21.8 Å². The Labute approximate surface area is 135 Å². The fourth-order valence-electron chi connectivity index (χ4n) is 2.32. The first-order valence-electron chi connectivity index (χ1n) is 7.46. The van der Waals surface area contributed by atoms with E-state index in [9.17, 15) is 4.79 Å². The predicted molar refractivity (Wildman–Crippen MR) is 90.1 cm³/mol. The van der Waals surface area contributed by atoms with Crippen molar-refractivity contribution < 1.29 is 9.90 Å². The van der Waals surface area contributed by atoms with Gasteiger partial charge in [-0.25, -0.2) is 0 Å². The Morgan fingerprint density at radius 1 is 1.36 bits per heavy atom. The van der Waals surface area contributed by atoms with Crippen LogP contribution in [0.25, 0.3) is 10.6 Å². The van der Waals surface area contributed by atoms with Crippen LogP contribution in [0.4, 0.5) is 0 Å². The summed E-state index contributed by atoms with van der Waals surface area (Å²) in [5.74, 6) is 0.143. The Morgan fingerprint density at radius 3 is 2.68 bits per heavy atom. The molecule has 2 heterocycles. The third-order valence-electron chi connectivity index (χ3n) is 3.67. The van der Waals surface area contributed by atoms with E-state index >= 15 is 0 Å². The number of aryl methyl sites for hydroxylation is 1. The molecule has 0 saturated carbocycles. The van der Waals surface area contributed by atoms with E-state index in [0.717, 1.165) is 16.3 Å². The van der Waals surface area contributed by atoms with Crippen LogP contribution in [0, 0.1) is 12.8 Å². The van der Waals surface area contributed by atoms with Gasteiger partial charge in [-0.05, 0) is 42.8 Å². The monoisotopic (exact) mass is 318 g/mol. The molecule has 0 aliphatic heterocycles. The molecule has 0 aromatic carbocycles. The van der Waals surface area contributed by atoms with Crippen molar-refractivity contribution in [2.75, 3.05) is 6.61 Å². The van der Waals surface area contributed by atoms with Crippen LogP contribution in [0.2, 0.25) is 0 Å². The normalized spacial score (nSPS) is 12.4. The lowest BCUT2D eigenvalue weighted by atomic mass is 10.0. The van der Waals surface area contributed by atoms with Gasteiger partial charge in [0.2, 0.25) is 0 Å². The molecular formula is C17H22N2O2S. The number of aliphatic hydroxyl groups is 1. The van der Waals surface area contributed by atoms with Gasteiger partial charge in [-0.15, -0.1) is 11.3 Å². The van der Waals surface area contributed by atoms with Crippen molar-refractivity contribution in [1.82, 2.24) is 10.3 Å². The maximum absolute atomic E-state index is 12.4. The standard InChI is InChI=1S/C17H22N2O2S/c1-11(2)14(8-9-20)19-17(21)13-6-7-15(18-12(13)3)16-5-4-10-22-16/h4-7,10-11,14,20H,8-9H2,1-3H3,(H,19,21). The molecule has 0 fully saturated rings. The third kappa shape index (κ3) is 3.93. The molecule has 22 heavy (non-hydrogen) atoms. The number of amides is 1. The first-order valence-corrected chi connectivity index (χ1v) is 8.34. The molecule has 2 rings (SSSR count). The summed E-state index contributed by atoms with van der Waals surface area (Å²) < 4.78 is 0. The maximum atomic E-state index is 12.4. The predicted octanol–water partition coefficient (Wildman–Crippen LogP) is 3.26. The van der Waals surface area contributed by atoms with E-state index in [0.29, 0.717) is 12.0 Å². The fraction of sp³-hybridized carbons (Fsp3) is 0.412. The maximum Gasteiger partial charge on any atom is 0.253 e. The zero-order valence-electron chi connectivity index (χ0n) is 13.2. The van der Waals surface area contributed by atoms with Crippen LogP contribution in [0.15, 0.2) is 29.6 Å². The topological polar surface area (TPSA) is 62.2 Å². The van der Waals surface area contributed by atoms with Gasteiger partial charge in [0.15, 0.2) is 0 Å². The fourth-order valence-corrected chi connectivity index (χ4v) is 3.02. The second kappa shape index (κ2) is 7.51. The Kier molecular flexibility index (Phi) is 5.69. The molecule has 2 aromatic rings. The Balaban J connectivity index is 2.16. The van der Waals surface area contributed by atoms with Gasteiger partial charge >= 0.3 is 0 Å². The summed E-state index contributed by atoms with van der Waals surface area (Å²) in [6.45, 7) is 5.98. The summed E-state index contributed by atoms with van der Waals surface area (Å²) in [5, 5.41) is 14.1. The summed E-state index contributed by atoms with van der Waals surface area (Å²) >= 11 is 1.63. The van der Waals surface area contributed by atoms with Crippen molar-refractivity contribution in [2.24, 2.45) is 5.92 Å². The minimum Gasteiger partial charge on any atom is -0.396 e. The molecule has 4 nitrogen and oxygen atoms in total. The molecule has 0 spiro atoms. The number of carbonyl (C=O) groups excluding carboxylic acids is 1. The molecule has 1 atom stereocenters. The highest BCUT2D eigenvalue weighted by molar-refractivity contribution is 7.13. The molecule has 0 saturated heterocycles. The summed E-state index contributed by atoms with van der Waals surface area (Å²) in [6, 6.07) is 7.67. The largest absolute Gasteiger partial charge is 0.396 e. The van der Waals surface area contributed by atoms with E-state index in [4.69, 9.17) is 5.11 Å². The van der Waals surface area contributed by atoms with E-state index in [-0.39, 0.29) is 24.5 Å². The number of aromatic nitrogens is 1. The molecule has 1 unspecified atom stereocenters. The van der Waals surface area contributed by atoms with E-state index in [1.165, 1.54) is 0 Å². The Hall–Kier alpha value is -1.72. The molecule has 2 aromatic heterocycles. The average molecular weight is 318 g/mol. The lowest BCUT2D eigenvalue weighted by Crippen LogP contribution is -2.39. The second-order valence-corrected chi connectivity index (χ2v) is 6.59. The zero-order chi connectivity index (χ0) is 16.1. The number of nitrogens with one attached hydrogen (secondary N) is 1. The molecule has 1 amide bonds. The van der Waals surface area contributed by atoms with Crippen LogP contribution < -0.4 is 5.32 Å². The second-order valence-electron chi connectivity index (χ2n) is 5.64. The van der Waals surface area contributed by atoms with Gasteiger partial charge < -0.3 is 10.4 Å². The van der Waals surface area contributed by atoms with Gasteiger partial charge in [0, 0.05) is 12.6 Å². The number of nitrogens with zero attached hydrogens (tertiary/aromatic N) is 1. The van der Waals surface area contributed by atoms with Gasteiger partial charge in [-0.3, -0.25) is 9.78 Å². The molecule has 2 N–H and O–H groups in total. The van der Waals surface area contributed by atoms with Crippen molar-refractivity contribution in [3.05, 3.63) is 40.9 Å². The van der Waals surface area contributed by atoms with Gasteiger partial charge in [0.25, 0.3) is 5.91 Å². The van der Waals surface area contributed by atoms with Crippen LogP contribution in [-0.2, 0) is 0 Å². The van der Waals surface area contributed by atoms with Gasteiger partial charge in [-0.1, -0.05) is 19.9 Å². The van der Waals surface area contributed by atoms with Crippen LogP contribution in [0.1, 0.15) is 36.3 Å². The van der Waals surface area contributed by atoms with Gasteiger partial charge in [0.1, 0.15) is 0 Å². The molecule has 0 aliphatic carbocycles. The van der Waals surface area contributed by atoms with E-state index in [2.05, 4.69) is 10.3 Å². The van der Waals surface area contributed by atoms with Crippen molar-refractivity contribution in [2.45, 2.75) is 33.2 Å². The van der Waals surface area contributed by atoms with E-state index in [1.54, 1.807) is 11.3 Å². The zero-order valence-corrected chi connectivity index (χ0v) is 14.0. The van der Waals surface area contributed by atoms with Crippen LogP contribution in [-0.4, -0.2) is 28.6 Å². The number of pyridine rings is 1. The smallest absolute Gasteiger partial charge is 0.253 e. The lowest BCUT2D eigenvalue weighted by Gasteiger charge is -2.22. The van der Waals surface area contributed by atoms with E-state index in [1.807, 2.05) is 50.4 Å². The van der Waals surface area contributed by atoms with Crippen molar-refractivity contribution in [3.63, 3.8) is 0 Å². The molecule has 0 radical (unpaired) electrons. The summed E-state index contributed by atoms with van der Waals surface area (Å²) in [5.41, 5.74) is 2.19. The van der Waals surface area contributed by atoms with Crippen LogP contribution >= 0.6 is 11.3 Å². The van der Waals surface area contributed by atoms with Crippen LogP contribution in [0.3, 0.4) is 0 Å². The summed E-state index contributed by atoms with van der Waals surface area (Å²) in [7, 11) is 0. The number of thiophene rings is 1. The highest BCUT2D eigenvalue weighted by Crippen LogP contribution is 2.23. The minimum atomic E-state index is -0.130. The van der Waals surface area contributed by atoms with Gasteiger partial charge in [-0.2, -0.15) is 0 Å².